The highest BCUT2D eigenvalue weighted by atomic mass is 35.5. The van der Waals surface area contributed by atoms with Crippen LogP contribution in [0.15, 0.2) is 90.7 Å². The van der Waals surface area contributed by atoms with Gasteiger partial charge in [0, 0.05) is 10.6 Å². The van der Waals surface area contributed by atoms with Crippen molar-refractivity contribution in [3.8, 4) is 5.69 Å². The second-order valence-corrected chi connectivity index (χ2v) is 7.71. The number of hydrogen-bond donors (Lipinski definition) is 2. The maximum Gasteiger partial charge on any atom is 0.296 e. The Morgan fingerprint density at radius 2 is 1.53 bits per heavy atom. The van der Waals surface area contributed by atoms with Crippen molar-refractivity contribution in [1.82, 2.24) is 14.8 Å². The van der Waals surface area contributed by atoms with E-state index in [1.807, 2.05) is 60.7 Å². The summed E-state index contributed by atoms with van der Waals surface area (Å²) in [6.45, 7) is 0. The third kappa shape index (κ3) is 3.29. The minimum absolute atomic E-state index is 0.0915. The Kier molecular flexibility index (Phi) is 4.88. The van der Waals surface area contributed by atoms with E-state index in [4.69, 9.17) is 17.3 Å². The Morgan fingerprint density at radius 1 is 0.906 bits per heavy atom. The average molecular weight is 444 g/mol. The smallest absolute Gasteiger partial charge is 0.296 e. The molecular weight excluding hydrogens is 426 g/mol. The van der Waals surface area contributed by atoms with E-state index < -0.39 is 11.9 Å². The number of halogens is 1. The summed E-state index contributed by atoms with van der Waals surface area (Å²) in [6.07, 6.45) is 0. The van der Waals surface area contributed by atoms with E-state index >= 15 is 0 Å². The maximum atomic E-state index is 13.2. The number of amides is 1. The summed E-state index contributed by atoms with van der Waals surface area (Å²) in [5.41, 5.74) is 8.81. The Balaban J connectivity index is 1.65. The predicted molar refractivity (Wildman–Crippen MR) is 123 cm³/mol. The molecule has 0 radical (unpaired) electrons. The molecule has 0 fully saturated rings. The Labute approximate surface area is 189 Å². The van der Waals surface area contributed by atoms with Crippen LogP contribution in [0.1, 0.15) is 17.2 Å². The van der Waals surface area contributed by atoms with Crippen LogP contribution in [0.5, 0.6) is 0 Å². The first-order valence-corrected chi connectivity index (χ1v) is 10.3. The molecule has 0 saturated carbocycles. The number of carbonyl (C=O) groups excluding carboxylic acids is 1. The number of nitrogens with two attached hydrogens (primary N) is 1. The SMILES string of the molecule is Nc1nc(N2C(=O)C(O)=C(c3ccccc3)C2c2ccccc2)nn1-c1ccc(Cl)cc1. The highest BCUT2D eigenvalue weighted by Crippen LogP contribution is 2.44. The fourth-order valence-electron chi connectivity index (χ4n) is 3.86. The van der Waals surface area contributed by atoms with E-state index in [0.29, 0.717) is 16.3 Å². The van der Waals surface area contributed by atoms with Crippen LogP contribution in [0.3, 0.4) is 0 Å². The number of aliphatic hydroxyl groups is 1. The molecule has 1 atom stereocenters. The van der Waals surface area contributed by atoms with Crippen molar-refractivity contribution in [2.45, 2.75) is 6.04 Å². The van der Waals surface area contributed by atoms with Crippen LogP contribution in [0.25, 0.3) is 11.3 Å². The molecule has 0 aliphatic carbocycles. The van der Waals surface area contributed by atoms with Crippen LogP contribution >= 0.6 is 11.6 Å². The maximum absolute atomic E-state index is 13.2. The van der Waals surface area contributed by atoms with Crippen LogP contribution in [0.2, 0.25) is 5.02 Å². The molecule has 1 aromatic heterocycles. The average Bonchev–Trinajstić information content (AvgIpc) is 3.32. The van der Waals surface area contributed by atoms with Gasteiger partial charge in [-0.3, -0.25) is 9.69 Å². The van der Waals surface area contributed by atoms with Crippen LogP contribution in [0, 0.1) is 0 Å². The lowest BCUT2D eigenvalue weighted by molar-refractivity contribution is -0.117. The van der Waals surface area contributed by atoms with Crippen LogP contribution in [-0.2, 0) is 4.79 Å². The molecule has 0 spiro atoms. The summed E-state index contributed by atoms with van der Waals surface area (Å²) >= 11 is 5.98. The van der Waals surface area contributed by atoms with E-state index in [9.17, 15) is 9.90 Å². The zero-order valence-electron chi connectivity index (χ0n) is 16.8. The summed E-state index contributed by atoms with van der Waals surface area (Å²) in [4.78, 5) is 19.0. The van der Waals surface area contributed by atoms with Gasteiger partial charge in [-0.05, 0) is 35.4 Å². The van der Waals surface area contributed by atoms with Crippen molar-refractivity contribution in [2.75, 3.05) is 10.6 Å². The second kappa shape index (κ2) is 7.86. The largest absolute Gasteiger partial charge is 0.503 e. The highest BCUT2D eigenvalue weighted by molar-refractivity contribution is 6.30. The number of anilines is 2. The van der Waals surface area contributed by atoms with Gasteiger partial charge in [0.1, 0.15) is 0 Å². The van der Waals surface area contributed by atoms with Gasteiger partial charge in [0.15, 0.2) is 5.76 Å². The monoisotopic (exact) mass is 443 g/mol. The van der Waals surface area contributed by atoms with Crippen molar-refractivity contribution < 1.29 is 9.90 Å². The molecule has 32 heavy (non-hydrogen) atoms. The molecule has 158 valence electrons. The molecule has 3 N–H and O–H groups in total. The van der Waals surface area contributed by atoms with Gasteiger partial charge in [-0.25, -0.2) is 0 Å². The summed E-state index contributed by atoms with van der Waals surface area (Å²) in [6, 6.07) is 25.1. The number of hydrogen-bond acceptors (Lipinski definition) is 5. The molecule has 1 unspecified atom stereocenters. The molecule has 5 rings (SSSR count). The third-order valence-corrected chi connectivity index (χ3v) is 5.57. The zero-order valence-corrected chi connectivity index (χ0v) is 17.5. The number of nitrogen functional groups attached to an aromatic ring is 1. The number of aromatic nitrogens is 3. The lowest BCUT2D eigenvalue weighted by Gasteiger charge is -2.24. The number of nitrogens with zero attached hydrogens (tertiary/aromatic N) is 4. The summed E-state index contributed by atoms with van der Waals surface area (Å²) < 4.78 is 1.43. The van der Waals surface area contributed by atoms with Gasteiger partial charge < -0.3 is 10.8 Å². The van der Waals surface area contributed by atoms with Crippen molar-refractivity contribution in [3.05, 3.63) is 107 Å². The fourth-order valence-corrected chi connectivity index (χ4v) is 3.99. The van der Waals surface area contributed by atoms with E-state index in [2.05, 4.69) is 10.1 Å². The van der Waals surface area contributed by atoms with Gasteiger partial charge in [-0.15, -0.1) is 5.10 Å². The molecular formula is C24H18ClN5O2. The minimum Gasteiger partial charge on any atom is -0.503 e. The minimum atomic E-state index is -0.619. The van der Waals surface area contributed by atoms with Crippen LogP contribution in [-0.4, -0.2) is 25.8 Å². The Bertz CT molecular complexity index is 1320. The van der Waals surface area contributed by atoms with E-state index in [1.165, 1.54) is 9.58 Å². The summed E-state index contributed by atoms with van der Waals surface area (Å²) in [5.74, 6) is -0.735. The Hall–Kier alpha value is -4.10. The first-order chi connectivity index (χ1) is 15.5. The molecule has 0 saturated heterocycles. The van der Waals surface area contributed by atoms with Crippen molar-refractivity contribution >= 4 is 35.0 Å². The molecule has 1 aliphatic heterocycles. The van der Waals surface area contributed by atoms with Gasteiger partial charge in [0.2, 0.25) is 5.95 Å². The van der Waals surface area contributed by atoms with Crippen LogP contribution < -0.4 is 10.6 Å². The number of carbonyl (C=O) groups is 1. The van der Waals surface area contributed by atoms with E-state index in [1.54, 1.807) is 24.3 Å². The Morgan fingerprint density at radius 3 is 2.19 bits per heavy atom. The van der Waals surface area contributed by atoms with E-state index in [0.717, 1.165) is 11.1 Å². The standard InChI is InChI=1S/C24H18ClN5O2/c25-17-11-13-18(14-12-17)30-23(26)27-24(28-30)29-20(16-9-5-2-6-10-16)19(21(31)22(29)32)15-7-3-1-4-8-15/h1-14,20,31H,(H2,26,27,28). The lowest BCUT2D eigenvalue weighted by atomic mass is 9.94. The van der Waals surface area contributed by atoms with Crippen molar-refractivity contribution in [1.29, 1.82) is 0 Å². The second-order valence-electron chi connectivity index (χ2n) is 7.27. The topological polar surface area (TPSA) is 97.3 Å². The molecule has 0 bridgehead atoms. The third-order valence-electron chi connectivity index (χ3n) is 5.32. The molecule has 4 aromatic rings. The van der Waals surface area contributed by atoms with Gasteiger partial charge in [-0.2, -0.15) is 9.67 Å². The molecule has 2 heterocycles. The van der Waals surface area contributed by atoms with E-state index in [-0.39, 0.29) is 17.7 Å². The number of aliphatic hydroxyl groups excluding tert-OH is 1. The van der Waals surface area contributed by atoms with Gasteiger partial charge in [0.25, 0.3) is 11.9 Å². The molecule has 8 heteroatoms. The van der Waals surface area contributed by atoms with Crippen LogP contribution in [0.4, 0.5) is 11.9 Å². The summed E-state index contributed by atoms with van der Waals surface area (Å²) in [5, 5.41) is 15.9. The first kappa shape index (κ1) is 19.8. The fraction of sp³-hybridized carbons (Fsp3) is 0.0417. The number of rotatable bonds is 4. The zero-order chi connectivity index (χ0) is 22.2. The number of benzene rings is 3. The predicted octanol–water partition coefficient (Wildman–Crippen LogP) is 4.56. The first-order valence-electron chi connectivity index (χ1n) is 9.90. The van der Waals surface area contributed by atoms with Gasteiger partial charge in [0.05, 0.1) is 11.7 Å². The highest BCUT2D eigenvalue weighted by Gasteiger charge is 2.44. The molecule has 3 aromatic carbocycles. The quantitative estimate of drug-likeness (QED) is 0.482. The van der Waals surface area contributed by atoms with Crippen molar-refractivity contribution in [2.24, 2.45) is 0 Å². The molecule has 1 amide bonds. The normalized spacial score (nSPS) is 16.1. The lowest BCUT2D eigenvalue weighted by Crippen LogP contribution is -2.31. The summed E-state index contributed by atoms with van der Waals surface area (Å²) in [7, 11) is 0. The van der Waals surface area contributed by atoms with Gasteiger partial charge in [-0.1, -0.05) is 72.3 Å². The van der Waals surface area contributed by atoms with Crippen molar-refractivity contribution in [3.63, 3.8) is 0 Å². The molecule has 1 aliphatic rings. The van der Waals surface area contributed by atoms with Gasteiger partial charge >= 0.3 is 0 Å². The molecule has 7 nitrogen and oxygen atoms in total.